The fourth-order valence-corrected chi connectivity index (χ4v) is 2.13. The van der Waals surface area contributed by atoms with E-state index in [0.717, 1.165) is 15.0 Å². The van der Waals surface area contributed by atoms with Crippen molar-refractivity contribution in [2.45, 2.75) is 13.2 Å². The third-order valence-electron chi connectivity index (χ3n) is 1.92. The summed E-state index contributed by atoms with van der Waals surface area (Å²) >= 11 is 4.81. The maximum atomic E-state index is 5.52. The summed E-state index contributed by atoms with van der Waals surface area (Å²) in [6, 6.07) is 7.95. The number of hydrogen-bond acceptors (Lipinski definition) is 5. The van der Waals surface area contributed by atoms with Crippen LogP contribution in [0, 0.1) is 0 Å². The number of nitrogens with zero attached hydrogens (tertiary/aromatic N) is 2. The normalized spacial score (nSPS) is 10.6. The SMILES string of the molecule is Nc1nnc(COCc2ccccc2Br)s1. The molecule has 0 bridgehead atoms. The highest BCUT2D eigenvalue weighted by atomic mass is 79.9. The number of ether oxygens (including phenoxy) is 1. The zero-order chi connectivity index (χ0) is 11.4. The van der Waals surface area contributed by atoms with Crippen molar-refractivity contribution in [2.75, 3.05) is 5.73 Å². The van der Waals surface area contributed by atoms with Crippen LogP contribution in [0.25, 0.3) is 0 Å². The third-order valence-corrected chi connectivity index (χ3v) is 3.42. The lowest BCUT2D eigenvalue weighted by Crippen LogP contribution is -1.94. The number of nitrogens with two attached hydrogens (primary N) is 1. The molecule has 0 unspecified atom stereocenters. The van der Waals surface area contributed by atoms with Crippen molar-refractivity contribution in [2.24, 2.45) is 0 Å². The molecule has 0 aliphatic carbocycles. The monoisotopic (exact) mass is 299 g/mol. The molecule has 0 atom stereocenters. The molecule has 16 heavy (non-hydrogen) atoms. The molecular formula is C10H10BrN3OS. The molecule has 1 aromatic heterocycles. The van der Waals surface area contributed by atoms with Crippen LogP contribution in [-0.2, 0) is 18.0 Å². The molecule has 1 heterocycles. The first-order valence-corrected chi connectivity index (χ1v) is 6.25. The van der Waals surface area contributed by atoms with Gasteiger partial charge >= 0.3 is 0 Å². The lowest BCUT2D eigenvalue weighted by atomic mass is 10.2. The van der Waals surface area contributed by atoms with Gasteiger partial charge in [0.05, 0.1) is 6.61 Å². The standard InChI is InChI=1S/C10H10BrN3OS/c11-8-4-2-1-3-7(8)5-15-6-9-13-14-10(12)16-9/h1-4H,5-6H2,(H2,12,14). The molecule has 0 radical (unpaired) electrons. The van der Waals surface area contributed by atoms with Crippen LogP contribution < -0.4 is 5.73 Å². The van der Waals surface area contributed by atoms with Crippen LogP contribution in [0.1, 0.15) is 10.6 Å². The van der Waals surface area contributed by atoms with E-state index in [0.29, 0.717) is 18.3 Å². The number of benzene rings is 1. The Morgan fingerprint density at radius 2 is 2.06 bits per heavy atom. The summed E-state index contributed by atoms with van der Waals surface area (Å²) in [4.78, 5) is 0. The fraction of sp³-hybridized carbons (Fsp3) is 0.200. The predicted molar refractivity (Wildman–Crippen MR) is 67.0 cm³/mol. The molecule has 2 N–H and O–H groups in total. The fourth-order valence-electron chi connectivity index (χ4n) is 1.19. The van der Waals surface area contributed by atoms with E-state index in [2.05, 4.69) is 26.1 Å². The number of nitrogen functional groups attached to an aromatic ring is 1. The molecule has 6 heteroatoms. The maximum absolute atomic E-state index is 5.52. The summed E-state index contributed by atoms with van der Waals surface area (Å²) < 4.78 is 6.57. The average molecular weight is 300 g/mol. The summed E-state index contributed by atoms with van der Waals surface area (Å²) in [6.07, 6.45) is 0. The Balaban J connectivity index is 1.87. The Kier molecular flexibility index (Phi) is 3.87. The van der Waals surface area contributed by atoms with Crippen LogP contribution >= 0.6 is 27.3 Å². The zero-order valence-corrected chi connectivity index (χ0v) is 10.8. The van der Waals surface area contributed by atoms with Gasteiger partial charge in [0.15, 0.2) is 0 Å². The minimum atomic E-state index is 0.441. The topological polar surface area (TPSA) is 61.0 Å². The summed E-state index contributed by atoms with van der Waals surface area (Å²) in [6.45, 7) is 0.983. The second-order valence-corrected chi connectivity index (χ2v) is 5.07. The van der Waals surface area contributed by atoms with Crippen molar-refractivity contribution in [1.29, 1.82) is 0 Å². The van der Waals surface area contributed by atoms with E-state index in [1.165, 1.54) is 11.3 Å². The van der Waals surface area contributed by atoms with Crippen LogP contribution in [0.15, 0.2) is 28.7 Å². The molecule has 0 saturated heterocycles. The van der Waals surface area contributed by atoms with Crippen LogP contribution in [0.3, 0.4) is 0 Å². The predicted octanol–water partition coefficient (Wildman–Crippen LogP) is 2.60. The minimum absolute atomic E-state index is 0.441. The van der Waals surface area contributed by atoms with Gasteiger partial charge in [-0.3, -0.25) is 0 Å². The maximum Gasteiger partial charge on any atom is 0.203 e. The Morgan fingerprint density at radius 1 is 1.25 bits per heavy atom. The molecule has 0 fully saturated rings. The molecule has 0 saturated carbocycles. The molecule has 4 nitrogen and oxygen atoms in total. The molecule has 0 aliphatic rings. The highest BCUT2D eigenvalue weighted by Gasteiger charge is 2.02. The third kappa shape index (κ3) is 3.01. The smallest absolute Gasteiger partial charge is 0.203 e. The number of hydrogen-bond donors (Lipinski definition) is 1. The lowest BCUT2D eigenvalue weighted by Gasteiger charge is -2.03. The Labute approximate surface area is 106 Å². The van der Waals surface area contributed by atoms with Gasteiger partial charge in [0.2, 0.25) is 5.13 Å². The Bertz CT molecular complexity index is 475. The summed E-state index contributed by atoms with van der Waals surface area (Å²) in [7, 11) is 0. The molecule has 84 valence electrons. The first-order chi connectivity index (χ1) is 7.75. The summed E-state index contributed by atoms with van der Waals surface area (Å²) in [5.41, 5.74) is 6.58. The molecule has 0 aliphatic heterocycles. The highest BCUT2D eigenvalue weighted by molar-refractivity contribution is 9.10. The van der Waals surface area contributed by atoms with Crippen LogP contribution in [0.4, 0.5) is 5.13 Å². The summed E-state index contributed by atoms with van der Waals surface area (Å²) in [5.74, 6) is 0. The van der Waals surface area contributed by atoms with Gasteiger partial charge in [-0.25, -0.2) is 0 Å². The number of halogens is 1. The van der Waals surface area contributed by atoms with E-state index >= 15 is 0 Å². The van der Waals surface area contributed by atoms with Gasteiger partial charge in [-0.2, -0.15) is 0 Å². The van der Waals surface area contributed by atoms with Gasteiger partial charge in [-0.1, -0.05) is 45.5 Å². The number of rotatable bonds is 4. The van der Waals surface area contributed by atoms with E-state index in [-0.39, 0.29) is 0 Å². The van der Waals surface area contributed by atoms with Crippen molar-refractivity contribution in [3.63, 3.8) is 0 Å². The molecule has 1 aromatic carbocycles. The van der Waals surface area contributed by atoms with Crippen molar-refractivity contribution in [1.82, 2.24) is 10.2 Å². The lowest BCUT2D eigenvalue weighted by molar-refractivity contribution is 0.106. The van der Waals surface area contributed by atoms with Crippen LogP contribution in [0.2, 0.25) is 0 Å². The van der Waals surface area contributed by atoms with Gasteiger partial charge in [0.1, 0.15) is 11.6 Å². The Morgan fingerprint density at radius 3 is 2.75 bits per heavy atom. The van der Waals surface area contributed by atoms with Gasteiger partial charge in [0.25, 0.3) is 0 Å². The molecule has 0 spiro atoms. The quantitative estimate of drug-likeness (QED) is 0.943. The second kappa shape index (κ2) is 5.38. The van der Waals surface area contributed by atoms with Crippen molar-refractivity contribution >= 4 is 32.4 Å². The van der Waals surface area contributed by atoms with Crippen molar-refractivity contribution < 1.29 is 4.74 Å². The van der Waals surface area contributed by atoms with E-state index in [1.54, 1.807) is 0 Å². The highest BCUT2D eigenvalue weighted by Crippen LogP contribution is 2.18. The number of anilines is 1. The van der Waals surface area contributed by atoms with Gasteiger partial charge in [-0.15, -0.1) is 10.2 Å². The van der Waals surface area contributed by atoms with E-state index in [1.807, 2.05) is 24.3 Å². The molecular weight excluding hydrogens is 290 g/mol. The molecule has 2 rings (SSSR count). The van der Waals surface area contributed by atoms with Gasteiger partial charge in [-0.05, 0) is 11.6 Å². The first-order valence-electron chi connectivity index (χ1n) is 4.64. The van der Waals surface area contributed by atoms with E-state index < -0.39 is 0 Å². The van der Waals surface area contributed by atoms with Gasteiger partial charge in [0, 0.05) is 4.47 Å². The van der Waals surface area contributed by atoms with E-state index in [9.17, 15) is 0 Å². The van der Waals surface area contributed by atoms with Crippen molar-refractivity contribution in [3.05, 3.63) is 39.3 Å². The Hall–Kier alpha value is -0.980. The van der Waals surface area contributed by atoms with Gasteiger partial charge < -0.3 is 10.5 Å². The van der Waals surface area contributed by atoms with Crippen LogP contribution in [0.5, 0.6) is 0 Å². The van der Waals surface area contributed by atoms with Crippen molar-refractivity contribution in [3.8, 4) is 0 Å². The summed E-state index contributed by atoms with van der Waals surface area (Å²) in [5, 5.41) is 8.86. The largest absolute Gasteiger partial charge is 0.374 e. The molecule has 0 amide bonds. The zero-order valence-electron chi connectivity index (χ0n) is 8.39. The second-order valence-electron chi connectivity index (χ2n) is 3.12. The molecule has 2 aromatic rings. The van der Waals surface area contributed by atoms with Crippen LogP contribution in [-0.4, -0.2) is 10.2 Å². The average Bonchev–Trinajstić information content (AvgIpc) is 2.67. The van der Waals surface area contributed by atoms with E-state index in [4.69, 9.17) is 10.5 Å². The minimum Gasteiger partial charge on any atom is -0.374 e. The first kappa shape index (κ1) is 11.5. The number of aromatic nitrogens is 2.